The Kier molecular flexibility index (Phi) is 4.55. The third-order valence-electron chi connectivity index (χ3n) is 4.55. The molecule has 1 fully saturated rings. The van der Waals surface area contributed by atoms with Crippen LogP contribution in [-0.4, -0.2) is 46.1 Å². The van der Waals surface area contributed by atoms with Crippen LogP contribution in [0.4, 0.5) is 10.1 Å². The third-order valence-corrected chi connectivity index (χ3v) is 5.26. The number of aromatic nitrogens is 2. The van der Waals surface area contributed by atoms with E-state index in [4.69, 9.17) is 9.73 Å². The molecule has 3 heterocycles. The van der Waals surface area contributed by atoms with Crippen LogP contribution >= 0.6 is 11.8 Å². The standard InChI is InChI=1S/C19H19FN4OS/c1-25-18-6-4-15(10-21-18)22-19(26-2)23-11-16(12-23)24-8-7-13-9-14(20)3-5-17(13)24/h3-10,16H,11-12H2,1-2H3. The maximum Gasteiger partial charge on any atom is 0.213 e. The normalized spacial score (nSPS) is 15.3. The second kappa shape index (κ2) is 6.99. The monoisotopic (exact) mass is 370 g/mol. The van der Waals surface area contributed by atoms with Crippen molar-refractivity contribution in [1.82, 2.24) is 14.5 Å². The van der Waals surface area contributed by atoms with E-state index in [-0.39, 0.29) is 5.82 Å². The van der Waals surface area contributed by atoms with Gasteiger partial charge in [-0.1, -0.05) is 11.8 Å². The Morgan fingerprint density at radius 2 is 2.12 bits per heavy atom. The van der Waals surface area contributed by atoms with Crippen molar-refractivity contribution >= 4 is 33.5 Å². The molecule has 1 aliphatic rings. The molecule has 0 radical (unpaired) electrons. The lowest BCUT2D eigenvalue weighted by Crippen LogP contribution is -2.49. The SMILES string of the molecule is COc1ccc(N=C(SC)N2CC(n3ccc4cc(F)ccc43)C2)cn1. The van der Waals surface area contributed by atoms with E-state index in [1.807, 2.05) is 30.7 Å². The fraction of sp³-hybridized carbons (Fsp3) is 0.263. The van der Waals surface area contributed by atoms with Crippen molar-refractivity contribution in [2.24, 2.45) is 4.99 Å². The smallest absolute Gasteiger partial charge is 0.213 e. The molecule has 1 saturated heterocycles. The first-order valence-electron chi connectivity index (χ1n) is 8.31. The number of hydrogen-bond donors (Lipinski definition) is 0. The van der Waals surface area contributed by atoms with Gasteiger partial charge in [-0.15, -0.1) is 0 Å². The van der Waals surface area contributed by atoms with Crippen LogP contribution in [0.2, 0.25) is 0 Å². The van der Waals surface area contributed by atoms with Gasteiger partial charge in [0.15, 0.2) is 5.17 Å². The first kappa shape index (κ1) is 16.9. The van der Waals surface area contributed by atoms with Crippen molar-refractivity contribution in [3.63, 3.8) is 0 Å². The molecule has 1 aliphatic heterocycles. The van der Waals surface area contributed by atoms with E-state index >= 15 is 0 Å². The summed E-state index contributed by atoms with van der Waals surface area (Å²) in [5, 5.41) is 1.90. The summed E-state index contributed by atoms with van der Waals surface area (Å²) < 4.78 is 20.7. The molecule has 0 saturated carbocycles. The molecule has 0 spiro atoms. The van der Waals surface area contributed by atoms with E-state index in [1.165, 1.54) is 6.07 Å². The van der Waals surface area contributed by atoms with Crippen LogP contribution < -0.4 is 4.74 Å². The predicted molar refractivity (Wildman–Crippen MR) is 104 cm³/mol. The van der Waals surface area contributed by atoms with Crippen LogP contribution in [0.25, 0.3) is 10.9 Å². The molecule has 3 aromatic rings. The lowest BCUT2D eigenvalue weighted by Gasteiger charge is -2.41. The van der Waals surface area contributed by atoms with E-state index in [9.17, 15) is 4.39 Å². The molecule has 1 aromatic carbocycles. The van der Waals surface area contributed by atoms with Gasteiger partial charge in [0.25, 0.3) is 0 Å². The van der Waals surface area contributed by atoms with Crippen LogP contribution in [0.3, 0.4) is 0 Å². The number of pyridine rings is 1. The highest BCUT2D eigenvalue weighted by molar-refractivity contribution is 8.13. The maximum atomic E-state index is 13.4. The number of ether oxygens (including phenoxy) is 1. The lowest BCUT2D eigenvalue weighted by molar-refractivity contribution is 0.201. The molecular formula is C19H19FN4OS. The van der Waals surface area contributed by atoms with E-state index in [0.29, 0.717) is 11.9 Å². The minimum absolute atomic E-state index is 0.199. The van der Waals surface area contributed by atoms with E-state index in [0.717, 1.165) is 34.8 Å². The molecule has 0 N–H and O–H groups in total. The minimum atomic E-state index is -0.199. The van der Waals surface area contributed by atoms with Gasteiger partial charge < -0.3 is 14.2 Å². The Balaban J connectivity index is 1.48. The molecule has 0 bridgehead atoms. The van der Waals surface area contributed by atoms with Gasteiger partial charge >= 0.3 is 0 Å². The number of nitrogens with zero attached hydrogens (tertiary/aromatic N) is 4. The van der Waals surface area contributed by atoms with Crippen LogP contribution in [0.5, 0.6) is 5.88 Å². The van der Waals surface area contributed by atoms with Crippen LogP contribution in [0, 0.1) is 5.82 Å². The van der Waals surface area contributed by atoms with Crippen molar-refractivity contribution < 1.29 is 9.13 Å². The van der Waals surface area contributed by atoms with E-state index in [2.05, 4.69) is 14.5 Å². The number of benzene rings is 1. The number of fused-ring (bicyclic) bond motifs is 1. The Labute approximate surface area is 155 Å². The predicted octanol–water partition coefficient (Wildman–Crippen LogP) is 4.09. The fourth-order valence-corrected chi connectivity index (χ4v) is 3.76. The Morgan fingerprint density at radius 1 is 1.27 bits per heavy atom. The van der Waals surface area contributed by atoms with Crippen molar-refractivity contribution in [2.75, 3.05) is 26.5 Å². The first-order chi connectivity index (χ1) is 12.7. The van der Waals surface area contributed by atoms with Crippen molar-refractivity contribution in [3.05, 3.63) is 54.6 Å². The summed E-state index contributed by atoms with van der Waals surface area (Å²) in [4.78, 5) is 11.1. The summed E-state index contributed by atoms with van der Waals surface area (Å²) in [7, 11) is 1.60. The number of amidine groups is 1. The summed E-state index contributed by atoms with van der Waals surface area (Å²) in [5.74, 6) is 0.380. The highest BCUT2D eigenvalue weighted by Crippen LogP contribution is 2.30. The minimum Gasteiger partial charge on any atom is -0.481 e. The summed E-state index contributed by atoms with van der Waals surface area (Å²) in [5.41, 5.74) is 1.87. The van der Waals surface area contributed by atoms with Gasteiger partial charge in [0.2, 0.25) is 5.88 Å². The number of halogens is 1. The van der Waals surface area contributed by atoms with Gasteiger partial charge in [-0.25, -0.2) is 14.4 Å². The van der Waals surface area contributed by atoms with E-state index < -0.39 is 0 Å². The molecule has 0 unspecified atom stereocenters. The van der Waals surface area contributed by atoms with Gasteiger partial charge in [-0.2, -0.15) is 0 Å². The molecule has 0 amide bonds. The van der Waals surface area contributed by atoms with Gasteiger partial charge in [-0.3, -0.25) is 0 Å². The lowest BCUT2D eigenvalue weighted by atomic mass is 10.1. The van der Waals surface area contributed by atoms with Crippen molar-refractivity contribution in [2.45, 2.75) is 6.04 Å². The van der Waals surface area contributed by atoms with Crippen molar-refractivity contribution in [3.8, 4) is 5.88 Å². The quantitative estimate of drug-likeness (QED) is 0.514. The zero-order valence-corrected chi connectivity index (χ0v) is 15.4. The zero-order chi connectivity index (χ0) is 18.1. The molecule has 0 aliphatic carbocycles. The zero-order valence-electron chi connectivity index (χ0n) is 14.6. The third kappa shape index (κ3) is 3.14. The largest absolute Gasteiger partial charge is 0.481 e. The fourth-order valence-electron chi connectivity index (χ4n) is 3.16. The number of methoxy groups -OCH3 is 1. The average molecular weight is 370 g/mol. The molecule has 4 rings (SSSR count). The number of hydrogen-bond acceptors (Lipinski definition) is 4. The van der Waals surface area contributed by atoms with Crippen molar-refractivity contribution in [1.29, 1.82) is 0 Å². The average Bonchev–Trinajstić information content (AvgIpc) is 3.03. The van der Waals surface area contributed by atoms with Gasteiger partial charge in [0.1, 0.15) is 5.82 Å². The summed E-state index contributed by atoms with van der Waals surface area (Å²) in [6, 6.07) is 11.0. The second-order valence-electron chi connectivity index (χ2n) is 6.14. The molecule has 134 valence electrons. The van der Waals surface area contributed by atoms with Gasteiger partial charge in [0.05, 0.1) is 25.0 Å². The molecular weight excluding hydrogens is 351 g/mol. The van der Waals surface area contributed by atoms with E-state index in [1.54, 1.807) is 37.2 Å². The Morgan fingerprint density at radius 3 is 2.81 bits per heavy atom. The number of rotatable bonds is 3. The number of thioether (sulfide) groups is 1. The molecule has 7 heteroatoms. The van der Waals surface area contributed by atoms with Gasteiger partial charge in [0, 0.05) is 36.3 Å². The number of aliphatic imine (C=N–C) groups is 1. The summed E-state index contributed by atoms with van der Waals surface area (Å²) in [6.45, 7) is 1.76. The maximum absolute atomic E-state index is 13.4. The second-order valence-corrected chi connectivity index (χ2v) is 6.92. The molecule has 0 atom stereocenters. The molecule has 5 nitrogen and oxygen atoms in total. The highest BCUT2D eigenvalue weighted by atomic mass is 32.2. The number of likely N-dealkylation sites (tertiary alicyclic amines) is 1. The molecule has 2 aromatic heterocycles. The highest BCUT2D eigenvalue weighted by Gasteiger charge is 2.31. The van der Waals surface area contributed by atoms with Crippen LogP contribution in [-0.2, 0) is 0 Å². The van der Waals surface area contributed by atoms with Gasteiger partial charge in [-0.05, 0) is 36.6 Å². The topological polar surface area (TPSA) is 42.6 Å². The first-order valence-corrected chi connectivity index (χ1v) is 9.54. The summed E-state index contributed by atoms with van der Waals surface area (Å²) in [6.07, 6.45) is 5.77. The van der Waals surface area contributed by atoms with Crippen LogP contribution in [0.15, 0.2) is 53.8 Å². The Hall–Kier alpha value is -2.54. The summed E-state index contributed by atoms with van der Waals surface area (Å²) >= 11 is 1.62. The molecule has 26 heavy (non-hydrogen) atoms. The Bertz CT molecular complexity index is 948. The van der Waals surface area contributed by atoms with Crippen LogP contribution in [0.1, 0.15) is 6.04 Å².